The summed E-state index contributed by atoms with van der Waals surface area (Å²) < 4.78 is 5.33. The van der Waals surface area contributed by atoms with Crippen LogP contribution in [-0.2, 0) is 16.0 Å². The summed E-state index contributed by atoms with van der Waals surface area (Å²) in [4.78, 5) is 28.5. The van der Waals surface area contributed by atoms with Crippen LogP contribution in [-0.4, -0.2) is 72.2 Å². The largest absolute Gasteiger partial charge is 0.481 e. The van der Waals surface area contributed by atoms with Gasteiger partial charge in [0.15, 0.2) is 0 Å². The summed E-state index contributed by atoms with van der Waals surface area (Å²) >= 11 is 0. The van der Waals surface area contributed by atoms with Crippen LogP contribution in [0.15, 0.2) is 24.3 Å². The summed E-state index contributed by atoms with van der Waals surface area (Å²) in [7, 11) is 0. The van der Waals surface area contributed by atoms with Gasteiger partial charge in [0, 0.05) is 36.7 Å². The van der Waals surface area contributed by atoms with Crippen LogP contribution in [0.1, 0.15) is 48.5 Å². The standard InChI is InChI=1S/C23H32N2O4/c1-23(15-29-16-23)13-17-4-6-18(7-5-17)21(26)24-11-8-20(9-12-24)25-10-2-3-19(14-25)22(27)28/h4-7,19-20H,2-3,8-16H2,1H3,(H,27,28). The monoisotopic (exact) mass is 400 g/mol. The smallest absolute Gasteiger partial charge is 0.307 e. The second-order valence-corrected chi connectivity index (χ2v) is 9.37. The van der Waals surface area contributed by atoms with Gasteiger partial charge in [-0.1, -0.05) is 19.1 Å². The number of likely N-dealkylation sites (tertiary alicyclic amines) is 2. The summed E-state index contributed by atoms with van der Waals surface area (Å²) in [5, 5.41) is 9.31. The van der Waals surface area contributed by atoms with Crippen LogP contribution in [0.25, 0.3) is 0 Å². The molecule has 0 radical (unpaired) electrons. The molecule has 6 heteroatoms. The van der Waals surface area contributed by atoms with E-state index in [1.54, 1.807) is 0 Å². The lowest BCUT2D eigenvalue weighted by Gasteiger charge is -2.41. The number of ether oxygens (including phenoxy) is 1. The Labute approximate surface area is 172 Å². The third-order valence-electron chi connectivity index (χ3n) is 6.80. The Morgan fingerprint density at radius 3 is 2.38 bits per heavy atom. The molecule has 0 spiro atoms. The quantitative estimate of drug-likeness (QED) is 0.823. The minimum atomic E-state index is -0.676. The van der Waals surface area contributed by atoms with E-state index in [0.29, 0.717) is 12.6 Å². The van der Waals surface area contributed by atoms with Gasteiger partial charge in [-0.25, -0.2) is 0 Å². The summed E-state index contributed by atoms with van der Waals surface area (Å²) in [5.74, 6) is -0.810. The number of carboxylic acids is 1. The zero-order valence-electron chi connectivity index (χ0n) is 17.3. The number of piperidine rings is 2. The highest BCUT2D eigenvalue weighted by Gasteiger charge is 2.34. The van der Waals surface area contributed by atoms with Crippen molar-refractivity contribution in [2.45, 2.75) is 45.1 Å². The summed E-state index contributed by atoms with van der Waals surface area (Å²) in [6, 6.07) is 8.45. The molecule has 0 bridgehead atoms. The maximum Gasteiger partial charge on any atom is 0.307 e. The van der Waals surface area contributed by atoms with E-state index >= 15 is 0 Å². The number of carboxylic acid groups (broad SMARTS) is 1. The Morgan fingerprint density at radius 2 is 1.79 bits per heavy atom. The van der Waals surface area contributed by atoms with E-state index < -0.39 is 5.97 Å². The van der Waals surface area contributed by atoms with Gasteiger partial charge >= 0.3 is 5.97 Å². The van der Waals surface area contributed by atoms with E-state index in [0.717, 1.165) is 70.5 Å². The normalized spacial score (nSPS) is 25.4. The molecule has 1 amide bonds. The molecule has 1 atom stereocenters. The van der Waals surface area contributed by atoms with Crippen molar-refractivity contribution >= 4 is 11.9 Å². The average Bonchev–Trinajstić information content (AvgIpc) is 2.73. The summed E-state index contributed by atoms with van der Waals surface area (Å²) in [6.07, 6.45) is 4.57. The molecular formula is C23H32N2O4. The van der Waals surface area contributed by atoms with Gasteiger partial charge in [-0.3, -0.25) is 14.5 Å². The maximum absolute atomic E-state index is 12.9. The van der Waals surface area contributed by atoms with Crippen LogP contribution >= 0.6 is 0 Å². The minimum absolute atomic E-state index is 0.107. The number of carbonyl (C=O) groups excluding carboxylic acids is 1. The SMILES string of the molecule is CC1(Cc2ccc(C(=O)N3CCC(N4CCCC(C(=O)O)C4)CC3)cc2)COC1. The van der Waals surface area contributed by atoms with Crippen molar-refractivity contribution < 1.29 is 19.4 Å². The number of aliphatic carboxylic acids is 1. The molecule has 0 aromatic heterocycles. The van der Waals surface area contributed by atoms with Crippen molar-refractivity contribution in [1.82, 2.24) is 9.80 Å². The lowest BCUT2D eigenvalue weighted by molar-refractivity contribution is -0.144. The van der Waals surface area contributed by atoms with Gasteiger partial charge in [0.2, 0.25) is 0 Å². The van der Waals surface area contributed by atoms with E-state index in [1.165, 1.54) is 5.56 Å². The molecule has 1 aromatic carbocycles. The van der Waals surface area contributed by atoms with Crippen LogP contribution in [0.5, 0.6) is 0 Å². The molecule has 6 nitrogen and oxygen atoms in total. The third kappa shape index (κ3) is 4.64. The Hall–Kier alpha value is -1.92. The van der Waals surface area contributed by atoms with Crippen LogP contribution in [0, 0.1) is 11.3 Å². The predicted molar refractivity (Wildman–Crippen MR) is 110 cm³/mol. The molecule has 3 fully saturated rings. The second-order valence-electron chi connectivity index (χ2n) is 9.37. The highest BCUT2D eigenvalue weighted by molar-refractivity contribution is 5.94. The zero-order chi connectivity index (χ0) is 20.4. The number of carbonyl (C=O) groups is 2. The van der Waals surface area contributed by atoms with Gasteiger partial charge in [0.1, 0.15) is 0 Å². The molecule has 3 heterocycles. The van der Waals surface area contributed by atoms with Gasteiger partial charge in [0.05, 0.1) is 19.1 Å². The number of amides is 1. The van der Waals surface area contributed by atoms with Crippen LogP contribution in [0.3, 0.4) is 0 Å². The molecule has 0 saturated carbocycles. The fourth-order valence-electron chi connectivity index (χ4n) is 4.97. The lowest BCUT2D eigenvalue weighted by Crippen LogP contribution is -2.50. The van der Waals surface area contributed by atoms with E-state index in [1.807, 2.05) is 17.0 Å². The van der Waals surface area contributed by atoms with Crippen molar-refractivity contribution in [2.24, 2.45) is 11.3 Å². The van der Waals surface area contributed by atoms with Gasteiger partial charge in [-0.05, 0) is 56.3 Å². The number of hydrogen-bond acceptors (Lipinski definition) is 4. The Kier molecular flexibility index (Phi) is 5.93. The minimum Gasteiger partial charge on any atom is -0.481 e. The van der Waals surface area contributed by atoms with Crippen molar-refractivity contribution in [3.8, 4) is 0 Å². The zero-order valence-corrected chi connectivity index (χ0v) is 17.3. The topological polar surface area (TPSA) is 70.1 Å². The summed E-state index contributed by atoms with van der Waals surface area (Å²) in [6.45, 7) is 6.98. The first kappa shape index (κ1) is 20.4. The number of hydrogen-bond donors (Lipinski definition) is 1. The fraction of sp³-hybridized carbons (Fsp3) is 0.652. The van der Waals surface area contributed by atoms with Crippen LogP contribution in [0.4, 0.5) is 0 Å². The van der Waals surface area contributed by atoms with E-state index in [2.05, 4.69) is 24.0 Å². The second kappa shape index (κ2) is 8.44. The molecule has 1 aromatic rings. The molecule has 29 heavy (non-hydrogen) atoms. The van der Waals surface area contributed by atoms with Crippen molar-refractivity contribution in [3.05, 3.63) is 35.4 Å². The molecule has 3 aliphatic rings. The Balaban J connectivity index is 1.29. The van der Waals surface area contributed by atoms with E-state index in [-0.39, 0.29) is 17.2 Å². The molecule has 4 rings (SSSR count). The van der Waals surface area contributed by atoms with Gasteiger partial charge in [-0.15, -0.1) is 0 Å². The molecule has 3 aliphatic heterocycles. The van der Waals surface area contributed by atoms with Crippen molar-refractivity contribution in [2.75, 3.05) is 39.4 Å². The maximum atomic E-state index is 12.9. The van der Waals surface area contributed by atoms with Crippen LogP contribution in [0.2, 0.25) is 0 Å². The Morgan fingerprint density at radius 1 is 1.10 bits per heavy atom. The summed E-state index contributed by atoms with van der Waals surface area (Å²) in [5.41, 5.74) is 2.25. The highest BCUT2D eigenvalue weighted by Crippen LogP contribution is 2.31. The predicted octanol–water partition coefficient (Wildman–Crippen LogP) is 2.67. The Bertz CT molecular complexity index is 736. The fourth-order valence-corrected chi connectivity index (χ4v) is 4.97. The molecule has 158 valence electrons. The molecule has 0 aliphatic carbocycles. The highest BCUT2D eigenvalue weighted by atomic mass is 16.5. The average molecular weight is 401 g/mol. The lowest BCUT2D eigenvalue weighted by atomic mass is 9.82. The van der Waals surface area contributed by atoms with Gasteiger partial charge < -0.3 is 14.7 Å². The molecule has 3 saturated heterocycles. The first-order valence-corrected chi connectivity index (χ1v) is 10.9. The van der Waals surface area contributed by atoms with E-state index in [9.17, 15) is 14.7 Å². The molecular weight excluding hydrogens is 368 g/mol. The van der Waals surface area contributed by atoms with Gasteiger partial charge in [0.25, 0.3) is 5.91 Å². The molecule has 1 unspecified atom stereocenters. The third-order valence-corrected chi connectivity index (χ3v) is 6.80. The first-order valence-electron chi connectivity index (χ1n) is 10.9. The number of nitrogens with zero attached hydrogens (tertiary/aromatic N) is 2. The van der Waals surface area contributed by atoms with Crippen molar-refractivity contribution in [3.63, 3.8) is 0 Å². The molecule has 1 N–H and O–H groups in total. The van der Waals surface area contributed by atoms with Crippen LogP contribution < -0.4 is 0 Å². The number of benzene rings is 1. The van der Waals surface area contributed by atoms with Gasteiger partial charge in [-0.2, -0.15) is 0 Å². The van der Waals surface area contributed by atoms with Crippen molar-refractivity contribution in [1.29, 1.82) is 0 Å². The first-order chi connectivity index (χ1) is 13.9. The number of rotatable bonds is 5. The van der Waals surface area contributed by atoms with E-state index in [4.69, 9.17) is 4.74 Å².